The van der Waals surface area contributed by atoms with Crippen LogP contribution in [0.15, 0.2) is 53.0 Å². The van der Waals surface area contributed by atoms with Gasteiger partial charge in [-0.25, -0.2) is 0 Å². The summed E-state index contributed by atoms with van der Waals surface area (Å²) in [5.74, 6) is 0. The highest BCUT2D eigenvalue weighted by molar-refractivity contribution is 9.10. The Labute approximate surface area is 123 Å². The van der Waals surface area contributed by atoms with Gasteiger partial charge in [0.25, 0.3) is 0 Å². The lowest BCUT2D eigenvalue weighted by Crippen LogP contribution is -2.24. The molecule has 0 aliphatic heterocycles. The van der Waals surface area contributed by atoms with Gasteiger partial charge in [0.1, 0.15) is 0 Å². The minimum Gasteiger partial charge on any atom is -0.306 e. The minimum atomic E-state index is 0.504. The molecule has 0 amide bonds. The van der Waals surface area contributed by atoms with Crippen molar-refractivity contribution in [2.75, 3.05) is 0 Å². The Morgan fingerprint density at radius 2 is 2.00 bits per heavy atom. The topological polar surface area (TPSA) is 12.0 Å². The van der Waals surface area contributed by atoms with Crippen molar-refractivity contribution in [3.63, 3.8) is 0 Å². The molecule has 1 atom stereocenters. The fourth-order valence-corrected chi connectivity index (χ4v) is 3.30. The van der Waals surface area contributed by atoms with Crippen LogP contribution >= 0.6 is 15.9 Å². The average molecular weight is 316 g/mol. The van der Waals surface area contributed by atoms with E-state index in [4.69, 9.17) is 0 Å². The Morgan fingerprint density at radius 1 is 1.11 bits per heavy atom. The Balaban J connectivity index is 1.71. The molecule has 1 aliphatic carbocycles. The molecule has 0 saturated heterocycles. The first-order valence-corrected chi connectivity index (χ1v) is 7.68. The molecule has 19 heavy (non-hydrogen) atoms. The molecule has 0 bridgehead atoms. The first-order chi connectivity index (χ1) is 9.33. The van der Waals surface area contributed by atoms with Crippen molar-refractivity contribution in [1.82, 2.24) is 5.32 Å². The number of nitrogens with one attached hydrogen (secondary N) is 1. The number of rotatable bonds is 3. The van der Waals surface area contributed by atoms with Crippen molar-refractivity contribution in [3.05, 3.63) is 69.7 Å². The summed E-state index contributed by atoms with van der Waals surface area (Å²) in [4.78, 5) is 0. The van der Waals surface area contributed by atoms with Crippen LogP contribution in [0.5, 0.6) is 0 Å². The number of benzene rings is 2. The second-order valence-electron chi connectivity index (χ2n) is 5.15. The van der Waals surface area contributed by atoms with Crippen molar-refractivity contribution in [2.24, 2.45) is 0 Å². The summed E-state index contributed by atoms with van der Waals surface area (Å²) < 4.78 is 1.15. The number of halogens is 1. The molecular weight excluding hydrogens is 298 g/mol. The molecule has 1 nitrogen and oxygen atoms in total. The van der Waals surface area contributed by atoms with Crippen LogP contribution < -0.4 is 5.32 Å². The van der Waals surface area contributed by atoms with Crippen LogP contribution in [0, 0.1) is 0 Å². The monoisotopic (exact) mass is 315 g/mol. The van der Waals surface area contributed by atoms with Gasteiger partial charge in [-0.05, 0) is 48.1 Å². The predicted molar refractivity (Wildman–Crippen MR) is 83.1 cm³/mol. The van der Waals surface area contributed by atoms with Gasteiger partial charge in [-0.2, -0.15) is 0 Å². The maximum absolute atomic E-state index is 3.70. The Hall–Kier alpha value is -1.12. The maximum atomic E-state index is 3.70. The molecule has 2 heteroatoms. The van der Waals surface area contributed by atoms with Gasteiger partial charge in [0, 0.05) is 17.1 Å². The number of hydrogen-bond acceptors (Lipinski definition) is 1. The second kappa shape index (κ2) is 5.89. The highest BCUT2D eigenvalue weighted by atomic mass is 79.9. The van der Waals surface area contributed by atoms with Gasteiger partial charge in [0.15, 0.2) is 0 Å². The molecule has 0 fully saturated rings. The van der Waals surface area contributed by atoms with Crippen molar-refractivity contribution in [2.45, 2.75) is 31.8 Å². The molecule has 3 rings (SSSR count). The van der Waals surface area contributed by atoms with Gasteiger partial charge in [-0.1, -0.05) is 52.3 Å². The largest absolute Gasteiger partial charge is 0.306 e. The van der Waals surface area contributed by atoms with Crippen LogP contribution in [0.3, 0.4) is 0 Å². The second-order valence-corrected chi connectivity index (χ2v) is 6.07. The zero-order valence-corrected chi connectivity index (χ0v) is 12.5. The molecular formula is C17H18BrN. The highest BCUT2D eigenvalue weighted by Gasteiger charge is 2.18. The van der Waals surface area contributed by atoms with Crippen LogP contribution in [0.2, 0.25) is 0 Å². The van der Waals surface area contributed by atoms with E-state index in [9.17, 15) is 0 Å². The Morgan fingerprint density at radius 3 is 2.89 bits per heavy atom. The predicted octanol–water partition coefficient (Wildman–Crippen LogP) is 4.62. The van der Waals surface area contributed by atoms with Gasteiger partial charge in [0.2, 0.25) is 0 Å². The first-order valence-electron chi connectivity index (χ1n) is 6.88. The lowest BCUT2D eigenvalue weighted by molar-refractivity contribution is 0.459. The molecule has 0 radical (unpaired) electrons. The number of fused-ring (bicyclic) bond motifs is 1. The quantitative estimate of drug-likeness (QED) is 0.871. The molecule has 1 N–H and O–H groups in total. The molecule has 0 heterocycles. The summed E-state index contributed by atoms with van der Waals surface area (Å²) in [5, 5.41) is 3.70. The van der Waals surface area contributed by atoms with Gasteiger partial charge in [-0.15, -0.1) is 0 Å². The van der Waals surface area contributed by atoms with Crippen LogP contribution in [0.1, 0.15) is 35.6 Å². The van der Waals surface area contributed by atoms with E-state index in [0.29, 0.717) is 6.04 Å². The van der Waals surface area contributed by atoms with E-state index in [0.717, 1.165) is 11.0 Å². The van der Waals surface area contributed by atoms with E-state index >= 15 is 0 Å². The smallest absolute Gasteiger partial charge is 0.0326 e. The summed E-state index contributed by atoms with van der Waals surface area (Å²) in [6.45, 7) is 0.929. The normalized spacial score (nSPS) is 18.1. The maximum Gasteiger partial charge on any atom is 0.0326 e. The molecule has 2 aromatic carbocycles. The van der Waals surface area contributed by atoms with E-state index in [-0.39, 0.29) is 0 Å². The fourth-order valence-electron chi connectivity index (χ4n) is 2.85. The van der Waals surface area contributed by atoms with Crippen LogP contribution in [0.4, 0.5) is 0 Å². The lowest BCUT2D eigenvalue weighted by atomic mass is 9.87. The van der Waals surface area contributed by atoms with E-state index < -0.39 is 0 Å². The van der Waals surface area contributed by atoms with Crippen molar-refractivity contribution in [3.8, 4) is 0 Å². The zero-order valence-electron chi connectivity index (χ0n) is 10.9. The Kier molecular flexibility index (Phi) is 4.00. The highest BCUT2D eigenvalue weighted by Crippen LogP contribution is 2.29. The molecule has 98 valence electrons. The van der Waals surface area contributed by atoms with E-state index in [1.165, 1.54) is 36.0 Å². The molecule has 0 spiro atoms. The molecule has 0 saturated carbocycles. The summed E-state index contributed by atoms with van der Waals surface area (Å²) >= 11 is 3.53. The average Bonchev–Trinajstić information content (AvgIpc) is 2.45. The van der Waals surface area contributed by atoms with E-state index in [1.807, 2.05) is 0 Å². The van der Waals surface area contributed by atoms with Crippen molar-refractivity contribution < 1.29 is 0 Å². The van der Waals surface area contributed by atoms with Gasteiger partial charge in [-0.3, -0.25) is 0 Å². The fraction of sp³-hybridized carbons (Fsp3) is 0.294. The van der Waals surface area contributed by atoms with Gasteiger partial charge in [0.05, 0.1) is 0 Å². The van der Waals surface area contributed by atoms with Crippen LogP contribution in [-0.4, -0.2) is 0 Å². The van der Waals surface area contributed by atoms with Crippen LogP contribution in [0.25, 0.3) is 0 Å². The zero-order chi connectivity index (χ0) is 13.1. The first kappa shape index (κ1) is 12.9. The van der Waals surface area contributed by atoms with Crippen molar-refractivity contribution in [1.29, 1.82) is 0 Å². The Bertz CT molecular complexity index is 565. The standard InChI is InChI=1S/C17H18BrN/c18-15-8-3-5-13(11-15)12-19-17-10-4-7-14-6-1-2-9-16(14)17/h1-3,5-6,8-9,11,17,19H,4,7,10,12H2. The van der Waals surface area contributed by atoms with Gasteiger partial charge < -0.3 is 5.32 Å². The third-order valence-corrected chi connectivity index (χ3v) is 4.30. The molecule has 1 aliphatic rings. The van der Waals surface area contributed by atoms with E-state index in [2.05, 4.69) is 69.8 Å². The third-order valence-electron chi connectivity index (χ3n) is 3.81. The van der Waals surface area contributed by atoms with Crippen LogP contribution in [-0.2, 0) is 13.0 Å². The SMILES string of the molecule is Brc1cccc(CNC2CCCc3ccccc32)c1. The summed E-state index contributed by atoms with van der Waals surface area (Å²) in [5.41, 5.74) is 4.33. The summed E-state index contributed by atoms with van der Waals surface area (Å²) in [6.07, 6.45) is 3.75. The molecule has 1 unspecified atom stereocenters. The van der Waals surface area contributed by atoms with E-state index in [1.54, 1.807) is 0 Å². The number of aryl methyl sites for hydroxylation is 1. The lowest BCUT2D eigenvalue weighted by Gasteiger charge is -2.26. The third kappa shape index (κ3) is 3.07. The summed E-state index contributed by atoms with van der Waals surface area (Å²) in [7, 11) is 0. The summed E-state index contributed by atoms with van der Waals surface area (Å²) in [6, 6.07) is 17.9. The van der Waals surface area contributed by atoms with Gasteiger partial charge >= 0.3 is 0 Å². The van der Waals surface area contributed by atoms with Crippen molar-refractivity contribution >= 4 is 15.9 Å². The molecule has 0 aromatic heterocycles. The minimum absolute atomic E-state index is 0.504. The number of hydrogen-bond donors (Lipinski definition) is 1. The molecule has 2 aromatic rings.